The predicted molar refractivity (Wildman–Crippen MR) is 126 cm³/mol. The molecule has 2 heterocycles. The van der Waals surface area contributed by atoms with E-state index in [1.165, 1.54) is 11.4 Å². The van der Waals surface area contributed by atoms with E-state index in [1.54, 1.807) is 18.7 Å². The maximum Gasteiger partial charge on any atom is 0.339 e. The van der Waals surface area contributed by atoms with Crippen LogP contribution in [0.15, 0.2) is 4.90 Å². The van der Waals surface area contributed by atoms with Gasteiger partial charge in [-0.05, 0) is 81.8 Å². The van der Waals surface area contributed by atoms with Crippen LogP contribution in [0.3, 0.4) is 0 Å². The van der Waals surface area contributed by atoms with Crippen LogP contribution in [0, 0.1) is 48.5 Å². The van der Waals surface area contributed by atoms with Crippen molar-refractivity contribution >= 4 is 21.9 Å². The average Bonchev–Trinajstić information content (AvgIpc) is 3.09. The number of benzene rings is 1. The maximum atomic E-state index is 13.6. The number of aromatic nitrogens is 1. The molecule has 3 rings (SSSR count). The third-order valence-corrected chi connectivity index (χ3v) is 9.27. The van der Waals surface area contributed by atoms with Crippen molar-refractivity contribution in [3.05, 3.63) is 50.3 Å². The summed E-state index contributed by atoms with van der Waals surface area (Å²) < 4.78 is 33.4. The number of ether oxygens (including phenoxy) is 1. The number of H-pyrrole nitrogens is 1. The van der Waals surface area contributed by atoms with Gasteiger partial charge in [0.2, 0.25) is 10.0 Å². The Morgan fingerprint density at radius 1 is 0.788 bits per heavy atom. The summed E-state index contributed by atoms with van der Waals surface area (Å²) in [6.07, 6.45) is 0. The highest BCUT2D eigenvalue weighted by molar-refractivity contribution is 7.89. The van der Waals surface area contributed by atoms with E-state index in [0.29, 0.717) is 27.4 Å². The second kappa shape index (κ2) is 8.95. The number of esters is 1. The molecular weight excluding hydrogens is 442 g/mol. The largest absolute Gasteiger partial charge is 0.465 e. The zero-order valence-corrected chi connectivity index (χ0v) is 21.5. The minimum atomic E-state index is -3.70. The van der Waals surface area contributed by atoms with Crippen LogP contribution < -0.4 is 0 Å². The van der Waals surface area contributed by atoms with Gasteiger partial charge >= 0.3 is 5.97 Å². The van der Waals surface area contributed by atoms with Crippen LogP contribution in [0.4, 0.5) is 0 Å². The van der Waals surface area contributed by atoms with E-state index in [9.17, 15) is 18.0 Å². The number of aryl methyl sites for hydroxylation is 1. The number of hydrogen-bond donors (Lipinski definition) is 1. The third-order valence-electron chi connectivity index (χ3n) is 7.10. The molecule has 2 aromatic rings. The minimum Gasteiger partial charge on any atom is -0.465 e. The Labute approximate surface area is 196 Å². The van der Waals surface area contributed by atoms with Crippen molar-refractivity contribution in [2.24, 2.45) is 0 Å². The normalized spacial score (nSPS) is 15.1. The van der Waals surface area contributed by atoms with Gasteiger partial charge in [-0.25, -0.2) is 13.2 Å². The van der Waals surface area contributed by atoms with Crippen LogP contribution in [-0.4, -0.2) is 67.8 Å². The van der Waals surface area contributed by atoms with Crippen molar-refractivity contribution in [3.63, 3.8) is 0 Å². The van der Waals surface area contributed by atoms with E-state index in [4.69, 9.17) is 4.74 Å². The first-order chi connectivity index (χ1) is 15.3. The number of rotatable bonds is 4. The minimum absolute atomic E-state index is 0.210. The number of hydrogen-bond acceptors (Lipinski definition) is 5. The molecule has 1 fully saturated rings. The van der Waals surface area contributed by atoms with Crippen LogP contribution in [0.5, 0.6) is 0 Å². The molecule has 9 heteroatoms. The molecule has 1 aromatic carbocycles. The van der Waals surface area contributed by atoms with Gasteiger partial charge in [0.1, 0.15) is 5.69 Å². The average molecular weight is 476 g/mol. The number of carbonyl (C=O) groups is 2. The third kappa shape index (κ3) is 4.08. The molecule has 0 saturated carbocycles. The van der Waals surface area contributed by atoms with E-state index in [2.05, 4.69) is 4.98 Å². The van der Waals surface area contributed by atoms with Crippen molar-refractivity contribution in [2.75, 3.05) is 33.3 Å². The molecule has 1 N–H and O–H groups in total. The predicted octanol–water partition coefficient (Wildman–Crippen LogP) is 3.11. The molecule has 1 aliphatic heterocycles. The highest BCUT2D eigenvalue weighted by atomic mass is 32.2. The van der Waals surface area contributed by atoms with E-state index >= 15 is 0 Å². The van der Waals surface area contributed by atoms with Gasteiger partial charge in [0.25, 0.3) is 5.91 Å². The van der Waals surface area contributed by atoms with Crippen molar-refractivity contribution in [3.8, 4) is 0 Å². The van der Waals surface area contributed by atoms with E-state index in [0.717, 1.165) is 27.8 Å². The fourth-order valence-electron chi connectivity index (χ4n) is 4.64. The van der Waals surface area contributed by atoms with E-state index < -0.39 is 16.0 Å². The van der Waals surface area contributed by atoms with Gasteiger partial charge in [-0.1, -0.05) is 0 Å². The monoisotopic (exact) mass is 475 g/mol. The summed E-state index contributed by atoms with van der Waals surface area (Å²) >= 11 is 0. The summed E-state index contributed by atoms with van der Waals surface area (Å²) in [6.45, 7) is 14.0. The molecule has 180 valence electrons. The first kappa shape index (κ1) is 25.0. The number of aromatic amines is 1. The maximum absolute atomic E-state index is 13.6. The Morgan fingerprint density at radius 2 is 1.27 bits per heavy atom. The van der Waals surface area contributed by atoms with Crippen molar-refractivity contribution in [2.45, 2.75) is 53.4 Å². The molecule has 0 aliphatic carbocycles. The Bertz CT molecular complexity index is 1210. The lowest BCUT2D eigenvalue weighted by atomic mass is 9.95. The first-order valence-corrected chi connectivity index (χ1v) is 12.4. The van der Waals surface area contributed by atoms with Crippen LogP contribution >= 0.6 is 0 Å². The highest BCUT2D eigenvalue weighted by Gasteiger charge is 2.34. The number of sulfonamides is 1. The second-order valence-electron chi connectivity index (χ2n) is 8.77. The Kier molecular flexibility index (Phi) is 6.77. The van der Waals surface area contributed by atoms with Crippen LogP contribution in [-0.2, 0) is 14.8 Å². The smallest absolute Gasteiger partial charge is 0.339 e. The zero-order valence-electron chi connectivity index (χ0n) is 20.7. The molecule has 33 heavy (non-hydrogen) atoms. The number of amides is 1. The standard InChI is InChI=1S/C24H33N3O5S/c1-13-14(2)16(4)22(17(5)15(13)3)33(30,31)27-11-9-26(10-12-27)23(28)21-18(6)20(19(7)25-21)24(29)32-8/h25H,9-12H2,1-8H3. The number of nitrogens with zero attached hydrogens (tertiary/aromatic N) is 2. The fourth-order valence-corrected chi connectivity index (χ4v) is 6.63. The molecule has 1 saturated heterocycles. The summed E-state index contributed by atoms with van der Waals surface area (Å²) in [6, 6.07) is 0. The second-order valence-corrected chi connectivity index (χ2v) is 10.6. The molecule has 8 nitrogen and oxygen atoms in total. The van der Waals surface area contributed by atoms with Gasteiger partial charge in [-0.15, -0.1) is 0 Å². The summed E-state index contributed by atoms with van der Waals surface area (Å²) in [5, 5.41) is 0. The molecule has 0 spiro atoms. The molecule has 0 bridgehead atoms. The lowest BCUT2D eigenvalue weighted by molar-refractivity contribution is 0.0599. The van der Waals surface area contributed by atoms with Gasteiger partial charge in [0.05, 0.1) is 17.6 Å². The summed E-state index contributed by atoms with van der Waals surface area (Å²) in [5.74, 6) is -0.747. The number of carbonyl (C=O) groups excluding carboxylic acids is 2. The van der Waals surface area contributed by atoms with Crippen LogP contribution in [0.25, 0.3) is 0 Å². The topological polar surface area (TPSA) is 99.8 Å². The quantitative estimate of drug-likeness (QED) is 0.685. The first-order valence-electron chi connectivity index (χ1n) is 11.0. The Morgan fingerprint density at radius 3 is 1.76 bits per heavy atom. The number of nitrogens with one attached hydrogen (secondary N) is 1. The molecule has 0 atom stereocenters. The Balaban J connectivity index is 1.84. The molecule has 0 radical (unpaired) electrons. The van der Waals surface area contributed by atoms with Crippen LogP contribution in [0.1, 0.15) is 59.9 Å². The highest BCUT2D eigenvalue weighted by Crippen LogP contribution is 2.32. The molecule has 1 amide bonds. The molecule has 1 aliphatic rings. The zero-order chi connectivity index (χ0) is 24.8. The molecule has 0 unspecified atom stereocenters. The van der Waals surface area contributed by atoms with Crippen molar-refractivity contribution in [1.82, 2.24) is 14.2 Å². The SMILES string of the molecule is COC(=O)c1c(C)[nH]c(C(=O)N2CCN(S(=O)(=O)c3c(C)c(C)c(C)c(C)c3C)CC2)c1C. The molecule has 1 aromatic heterocycles. The van der Waals surface area contributed by atoms with Gasteiger partial charge in [0.15, 0.2) is 0 Å². The van der Waals surface area contributed by atoms with Crippen molar-refractivity contribution in [1.29, 1.82) is 0 Å². The fraction of sp³-hybridized carbons (Fsp3) is 0.500. The number of methoxy groups -OCH3 is 1. The summed E-state index contributed by atoms with van der Waals surface area (Å²) in [7, 11) is -2.40. The number of piperazine rings is 1. The summed E-state index contributed by atoms with van der Waals surface area (Å²) in [4.78, 5) is 30.2. The van der Waals surface area contributed by atoms with Gasteiger partial charge < -0.3 is 14.6 Å². The lowest BCUT2D eigenvalue weighted by Gasteiger charge is -2.35. The lowest BCUT2D eigenvalue weighted by Crippen LogP contribution is -2.50. The Hall–Kier alpha value is -2.65. The van der Waals surface area contributed by atoms with Gasteiger partial charge in [-0.3, -0.25) is 4.79 Å². The van der Waals surface area contributed by atoms with Gasteiger partial charge in [-0.2, -0.15) is 4.31 Å². The summed E-state index contributed by atoms with van der Waals surface area (Å²) in [5.41, 5.74) is 6.45. The van der Waals surface area contributed by atoms with Crippen molar-refractivity contribution < 1.29 is 22.7 Å². The van der Waals surface area contributed by atoms with E-state index in [1.807, 2.05) is 34.6 Å². The molecular formula is C24H33N3O5S. The van der Waals surface area contributed by atoms with Crippen LogP contribution in [0.2, 0.25) is 0 Å². The van der Waals surface area contributed by atoms with Gasteiger partial charge in [0, 0.05) is 31.9 Å². The van der Waals surface area contributed by atoms with E-state index in [-0.39, 0.29) is 32.1 Å².